The van der Waals surface area contributed by atoms with Crippen molar-refractivity contribution in [3.05, 3.63) is 0 Å². The summed E-state index contributed by atoms with van der Waals surface area (Å²) < 4.78 is 5.85. The maximum Gasteiger partial charge on any atom is 0.0746 e. The summed E-state index contributed by atoms with van der Waals surface area (Å²) in [5.41, 5.74) is 2.93. The van der Waals surface area contributed by atoms with E-state index in [1.165, 1.54) is 38.5 Å². The van der Waals surface area contributed by atoms with Gasteiger partial charge in [-0.1, -0.05) is 39.0 Å². The summed E-state index contributed by atoms with van der Waals surface area (Å²) in [5, 5.41) is 0. The van der Waals surface area contributed by atoms with Crippen LogP contribution in [0, 0.1) is 0 Å². The molecule has 1 saturated heterocycles. The summed E-state index contributed by atoms with van der Waals surface area (Å²) in [7, 11) is 0. The summed E-state index contributed by atoms with van der Waals surface area (Å²) in [4.78, 5) is 0. The third kappa shape index (κ3) is 4.81. The lowest BCUT2D eigenvalue weighted by atomic mass is 10.0. The average molecular weight is 228 g/mol. The molecule has 0 aromatic rings. The minimum Gasteiger partial charge on any atom is -0.374 e. The first-order chi connectivity index (χ1) is 7.77. The third-order valence-electron chi connectivity index (χ3n) is 3.55. The molecule has 0 amide bonds. The Bertz CT molecular complexity index is 175. The molecule has 3 atom stereocenters. The van der Waals surface area contributed by atoms with E-state index in [4.69, 9.17) is 10.6 Å². The Morgan fingerprint density at radius 2 is 2.00 bits per heavy atom. The van der Waals surface area contributed by atoms with Crippen molar-refractivity contribution in [1.82, 2.24) is 5.43 Å². The van der Waals surface area contributed by atoms with Crippen LogP contribution in [0.2, 0.25) is 0 Å². The van der Waals surface area contributed by atoms with Gasteiger partial charge >= 0.3 is 0 Å². The fourth-order valence-electron chi connectivity index (χ4n) is 2.47. The van der Waals surface area contributed by atoms with E-state index in [-0.39, 0.29) is 0 Å². The monoisotopic (exact) mass is 228 g/mol. The summed E-state index contributed by atoms with van der Waals surface area (Å²) in [6.07, 6.45) is 10.9. The molecule has 1 fully saturated rings. The molecule has 1 rings (SSSR count). The molecule has 1 aliphatic heterocycles. The second kappa shape index (κ2) is 8.04. The van der Waals surface area contributed by atoms with Gasteiger partial charge in [-0.2, -0.15) is 0 Å². The molecule has 0 spiro atoms. The number of hydrogen-bond donors (Lipinski definition) is 2. The lowest BCUT2D eigenvalue weighted by molar-refractivity contribution is 0.0295. The molecule has 0 aromatic carbocycles. The van der Waals surface area contributed by atoms with Crippen LogP contribution in [0.25, 0.3) is 0 Å². The summed E-state index contributed by atoms with van der Waals surface area (Å²) in [5.74, 6) is 5.61. The SMILES string of the molecule is CCCCCCCC(NN)C1CCC(C)O1. The highest BCUT2D eigenvalue weighted by Crippen LogP contribution is 2.23. The highest BCUT2D eigenvalue weighted by atomic mass is 16.5. The topological polar surface area (TPSA) is 47.3 Å². The van der Waals surface area contributed by atoms with Crippen molar-refractivity contribution in [2.24, 2.45) is 5.84 Å². The smallest absolute Gasteiger partial charge is 0.0746 e. The van der Waals surface area contributed by atoms with Crippen molar-refractivity contribution < 1.29 is 4.74 Å². The lowest BCUT2D eigenvalue weighted by Crippen LogP contribution is -2.43. The first-order valence-electron chi connectivity index (χ1n) is 6.89. The zero-order valence-corrected chi connectivity index (χ0v) is 10.9. The maximum absolute atomic E-state index is 5.85. The van der Waals surface area contributed by atoms with Crippen LogP contribution in [-0.4, -0.2) is 18.2 Å². The molecule has 0 bridgehead atoms. The fraction of sp³-hybridized carbons (Fsp3) is 1.00. The molecule has 0 aliphatic carbocycles. The number of nitrogens with two attached hydrogens (primary N) is 1. The van der Waals surface area contributed by atoms with Crippen molar-refractivity contribution in [2.75, 3.05) is 0 Å². The van der Waals surface area contributed by atoms with Crippen LogP contribution in [-0.2, 0) is 4.74 Å². The van der Waals surface area contributed by atoms with Crippen molar-refractivity contribution >= 4 is 0 Å². The Morgan fingerprint density at radius 3 is 2.56 bits per heavy atom. The quantitative estimate of drug-likeness (QED) is 0.381. The normalized spacial score (nSPS) is 27.2. The molecule has 3 heteroatoms. The molecule has 0 aromatic heterocycles. The van der Waals surface area contributed by atoms with Crippen LogP contribution < -0.4 is 11.3 Å². The van der Waals surface area contributed by atoms with Gasteiger partial charge in [-0.25, -0.2) is 0 Å². The van der Waals surface area contributed by atoms with Crippen LogP contribution >= 0.6 is 0 Å². The first kappa shape index (κ1) is 13.9. The second-order valence-corrected chi connectivity index (χ2v) is 5.04. The van der Waals surface area contributed by atoms with E-state index in [2.05, 4.69) is 19.3 Å². The number of nitrogens with one attached hydrogen (secondary N) is 1. The molecule has 16 heavy (non-hydrogen) atoms. The zero-order valence-electron chi connectivity index (χ0n) is 10.9. The number of hydrazine groups is 1. The number of ether oxygens (including phenoxy) is 1. The van der Waals surface area contributed by atoms with Gasteiger partial charge in [0.25, 0.3) is 0 Å². The van der Waals surface area contributed by atoms with Gasteiger partial charge in [0.2, 0.25) is 0 Å². The molecule has 3 nitrogen and oxygen atoms in total. The molecule has 3 unspecified atom stereocenters. The minimum atomic E-state index is 0.339. The van der Waals surface area contributed by atoms with Gasteiger partial charge < -0.3 is 4.74 Å². The Labute approximate surface area is 100 Å². The van der Waals surface area contributed by atoms with E-state index in [0.717, 1.165) is 12.8 Å². The highest BCUT2D eigenvalue weighted by molar-refractivity contribution is 4.81. The van der Waals surface area contributed by atoms with Gasteiger partial charge in [0, 0.05) is 6.04 Å². The molecular formula is C13H28N2O. The van der Waals surface area contributed by atoms with Crippen molar-refractivity contribution in [2.45, 2.75) is 83.5 Å². The summed E-state index contributed by atoms with van der Waals surface area (Å²) in [6, 6.07) is 0.353. The van der Waals surface area contributed by atoms with Gasteiger partial charge in [-0.3, -0.25) is 11.3 Å². The van der Waals surface area contributed by atoms with Crippen molar-refractivity contribution in [1.29, 1.82) is 0 Å². The maximum atomic E-state index is 5.85. The van der Waals surface area contributed by atoms with Gasteiger partial charge in [0.05, 0.1) is 12.2 Å². The number of hydrogen-bond acceptors (Lipinski definition) is 3. The van der Waals surface area contributed by atoms with E-state index in [1.807, 2.05) is 0 Å². The molecule has 0 radical (unpaired) electrons. The van der Waals surface area contributed by atoms with Gasteiger partial charge in [0.15, 0.2) is 0 Å². The van der Waals surface area contributed by atoms with Crippen molar-refractivity contribution in [3.8, 4) is 0 Å². The highest BCUT2D eigenvalue weighted by Gasteiger charge is 2.28. The second-order valence-electron chi connectivity index (χ2n) is 5.04. The minimum absolute atomic E-state index is 0.339. The van der Waals surface area contributed by atoms with Crippen LogP contribution in [0.4, 0.5) is 0 Å². The third-order valence-corrected chi connectivity index (χ3v) is 3.55. The van der Waals surface area contributed by atoms with Gasteiger partial charge in [-0.05, 0) is 26.2 Å². The predicted molar refractivity (Wildman–Crippen MR) is 68.1 cm³/mol. The van der Waals surface area contributed by atoms with E-state index in [0.29, 0.717) is 18.2 Å². The fourth-order valence-corrected chi connectivity index (χ4v) is 2.47. The van der Waals surface area contributed by atoms with E-state index in [1.54, 1.807) is 0 Å². The Kier molecular flexibility index (Phi) is 7.01. The predicted octanol–water partition coefficient (Wildman–Crippen LogP) is 2.75. The average Bonchev–Trinajstić information content (AvgIpc) is 2.70. The number of rotatable bonds is 8. The van der Waals surface area contributed by atoms with Crippen LogP contribution in [0.5, 0.6) is 0 Å². The molecule has 3 N–H and O–H groups in total. The van der Waals surface area contributed by atoms with Crippen molar-refractivity contribution in [3.63, 3.8) is 0 Å². The van der Waals surface area contributed by atoms with Crippen LogP contribution in [0.1, 0.15) is 65.2 Å². The van der Waals surface area contributed by atoms with Gasteiger partial charge in [0.1, 0.15) is 0 Å². The van der Waals surface area contributed by atoms with E-state index in [9.17, 15) is 0 Å². The zero-order chi connectivity index (χ0) is 11.8. The van der Waals surface area contributed by atoms with E-state index < -0.39 is 0 Å². The molecule has 0 saturated carbocycles. The Balaban J connectivity index is 2.11. The lowest BCUT2D eigenvalue weighted by Gasteiger charge is -2.22. The molecular weight excluding hydrogens is 200 g/mol. The largest absolute Gasteiger partial charge is 0.374 e. The Hall–Kier alpha value is -0.120. The van der Waals surface area contributed by atoms with Gasteiger partial charge in [-0.15, -0.1) is 0 Å². The Morgan fingerprint density at radius 1 is 1.25 bits per heavy atom. The summed E-state index contributed by atoms with van der Waals surface area (Å²) in [6.45, 7) is 4.40. The molecule has 96 valence electrons. The standard InChI is InChI=1S/C13H28N2O/c1-3-4-5-6-7-8-12(15-14)13-10-9-11(2)16-13/h11-13,15H,3-10,14H2,1-2H3. The van der Waals surface area contributed by atoms with E-state index >= 15 is 0 Å². The summed E-state index contributed by atoms with van der Waals surface area (Å²) >= 11 is 0. The molecule has 1 aliphatic rings. The van der Waals surface area contributed by atoms with Crippen LogP contribution in [0.15, 0.2) is 0 Å². The van der Waals surface area contributed by atoms with Crippen LogP contribution in [0.3, 0.4) is 0 Å². The number of unbranched alkanes of at least 4 members (excludes halogenated alkanes) is 4. The molecule has 1 heterocycles. The first-order valence-corrected chi connectivity index (χ1v) is 6.89.